The van der Waals surface area contributed by atoms with Gasteiger partial charge in [-0.3, -0.25) is 15.0 Å². The summed E-state index contributed by atoms with van der Waals surface area (Å²) in [6, 6.07) is 39.6. The van der Waals surface area contributed by atoms with Gasteiger partial charge < -0.3 is 23.9 Å². The number of carboxylic acids is 1. The van der Waals surface area contributed by atoms with E-state index in [1.165, 1.54) is 68.9 Å². The maximum atomic E-state index is 12.8. The molecule has 0 amide bonds. The smallest absolute Gasteiger partial charge is 0.478 e. The topological polar surface area (TPSA) is 147 Å². The third kappa shape index (κ3) is 19.7. The second kappa shape index (κ2) is 30.4. The van der Waals surface area contributed by atoms with Crippen LogP contribution < -0.4 is 5.46 Å². The van der Waals surface area contributed by atoms with Crippen LogP contribution in [0.15, 0.2) is 182 Å². The first-order valence-electron chi connectivity index (χ1n) is 28.1. The molecule has 1 saturated heterocycles. The minimum Gasteiger partial charge on any atom is -0.478 e. The number of pyridine rings is 3. The van der Waals surface area contributed by atoms with Crippen LogP contribution in [0.1, 0.15) is 115 Å². The molecule has 0 radical (unpaired) electrons. The van der Waals surface area contributed by atoms with Crippen LogP contribution in [-0.2, 0) is 56.6 Å². The zero-order valence-corrected chi connectivity index (χ0v) is 53.0. The molecular formula is C69H58BCl3F9N3O8. The predicted octanol–water partition coefficient (Wildman–Crippen LogP) is 17.9. The van der Waals surface area contributed by atoms with Gasteiger partial charge in [0.05, 0.1) is 70.2 Å². The Hall–Kier alpha value is -8.60. The number of rotatable bonds is 12. The number of alkyl halides is 9. The number of halogens is 12. The molecule has 1 aliphatic heterocycles. The first kappa shape index (κ1) is 71.8. The maximum Gasteiger partial charge on any atom is 0.495 e. The summed E-state index contributed by atoms with van der Waals surface area (Å²) in [5, 5.41) is 10.9. The summed E-state index contributed by atoms with van der Waals surface area (Å²) in [6.07, 6.45) is -7.36. The van der Waals surface area contributed by atoms with E-state index in [2.05, 4.69) is 15.0 Å². The van der Waals surface area contributed by atoms with Crippen molar-refractivity contribution in [3.05, 3.63) is 270 Å². The summed E-state index contributed by atoms with van der Waals surface area (Å²) < 4.78 is 137. The molecule has 0 unspecified atom stereocenters. The first-order valence-corrected chi connectivity index (χ1v) is 29.2. The number of aryl methyl sites for hydroxylation is 1. The summed E-state index contributed by atoms with van der Waals surface area (Å²) >= 11 is 17.7. The second-order valence-corrected chi connectivity index (χ2v) is 23.3. The van der Waals surface area contributed by atoms with Crippen LogP contribution in [-0.4, -0.2) is 70.5 Å². The van der Waals surface area contributed by atoms with Crippen molar-refractivity contribution in [3.8, 4) is 22.5 Å². The van der Waals surface area contributed by atoms with Gasteiger partial charge in [0.1, 0.15) is 0 Å². The number of methoxy groups -OCH3 is 2. The van der Waals surface area contributed by atoms with Gasteiger partial charge in [-0.05, 0) is 202 Å². The van der Waals surface area contributed by atoms with Crippen LogP contribution in [0.3, 0.4) is 0 Å². The van der Waals surface area contributed by atoms with E-state index in [0.29, 0.717) is 85.1 Å². The number of esters is 2. The molecule has 1 N–H and O–H groups in total. The van der Waals surface area contributed by atoms with Crippen molar-refractivity contribution < 1.29 is 77.8 Å². The lowest BCUT2D eigenvalue weighted by Crippen LogP contribution is -2.41. The number of hydrogen-bond donors (Lipinski definition) is 1. The van der Waals surface area contributed by atoms with E-state index in [1.54, 1.807) is 85.2 Å². The Morgan fingerprint density at radius 2 is 0.796 bits per heavy atom. The van der Waals surface area contributed by atoms with Gasteiger partial charge >= 0.3 is 43.6 Å². The fourth-order valence-corrected chi connectivity index (χ4v) is 9.75. The molecule has 11 nitrogen and oxygen atoms in total. The highest BCUT2D eigenvalue weighted by Crippen LogP contribution is 2.38. The molecule has 0 spiro atoms. The lowest BCUT2D eigenvalue weighted by Gasteiger charge is -2.32. The van der Waals surface area contributed by atoms with Crippen molar-refractivity contribution >= 4 is 65.3 Å². The Bertz CT molecular complexity index is 4060. The van der Waals surface area contributed by atoms with Crippen molar-refractivity contribution in [2.75, 3.05) is 14.2 Å². The Morgan fingerprint density at radius 1 is 0.462 bits per heavy atom. The summed E-state index contributed by atoms with van der Waals surface area (Å²) in [5.74, 6) is -2.07. The minimum atomic E-state index is -4.39. The van der Waals surface area contributed by atoms with Crippen LogP contribution in [0.25, 0.3) is 22.5 Å². The van der Waals surface area contributed by atoms with E-state index in [4.69, 9.17) is 53.6 Å². The molecular weight excluding hydrogens is 1290 g/mol. The quantitative estimate of drug-likeness (QED) is 0.0708. The number of benzene rings is 6. The Morgan fingerprint density at radius 3 is 1.13 bits per heavy atom. The van der Waals surface area contributed by atoms with Crippen molar-refractivity contribution in [2.45, 2.75) is 83.6 Å². The maximum absolute atomic E-state index is 12.8. The van der Waals surface area contributed by atoms with Crippen LogP contribution in [0, 0.1) is 6.92 Å². The molecule has 0 saturated carbocycles. The molecule has 4 heterocycles. The monoisotopic (exact) mass is 1340 g/mol. The largest absolute Gasteiger partial charge is 0.495 e. The molecule has 93 heavy (non-hydrogen) atoms. The van der Waals surface area contributed by atoms with Crippen LogP contribution >= 0.6 is 34.8 Å². The lowest BCUT2D eigenvalue weighted by atomic mass is 9.74. The van der Waals surface area contributed by atoms with E-state index >= 15 is 0 Å². The molecule has 0 atom stereocenters. The van der Waals surface area contributed by atoms with E-state index in [9.17, 15) is 59.0 Å². The SMILES string of the molecule is COC(=O)c1ccc(Cc2ccc(C(F)(F)F)cc2)c(-c2cc(Cl)ccn2)c1.COC(=O)c1ccc(Cc2ccc(C(F)(F)F)cc2)c(B2OC(C)(C)C(C)(C)O2)c1.Cc1cc(Cl)ccn1.O=C(O)c1ccc(Cc2ccc(C(F)(F)F)cc2)c(-c2cc(Cl)ccn2)c1. The summed E-state index contributed by atoms with van der Waals surface area (Å²) in [7, 11) is 1.87. The van der Waals surface area contributed by atoms with Crippen molar-refractivity contribution in [2.24, 2.45) is 0 Å². The summed E-state index contributed by atoms with van der Waals surface area (Å²) in [4.78, 5) is 47.7. The van der Waals surface area contributed by atoms with Gasteiger partial charge in [0.25, 0.3) is 0 Å². The standard InChI is InChI=1S/C22H24BF3O4.C21H15ClF3NO2.C20H13ClF3NO2.C6H6ClN/c1-20(2)21(3,4)30-23(29-20)18-13-16(19(27)28-5)9-8-15(18)12-14-6-10-17(11-7-14)22(24,25)26;1-28-20(27)15-5-4-14(18(11-15)19-12-17(22)8-9-26-19)10-13-2-6-16(7-3-13)21(23,24)25;21-16-7-8-25-18(11-16)17-10-14(19(26)27)4-3-13(17)9-12-1-5-15(6-2-12)20(22,23)24;1-5-4-6(7)2-3-8-5/h6-11,13H,12H2,1-5H3;2-9,11-12H,10H2,1H3;1-8,10-11H,9H2,(H,26,27);2-4H,1H3. The lowest BCUT2D eigenvalue weighted by molar-refractivity contribution is -0.138. The van der Waals surface area contributed by atoms with Gasteiger partial charge in [-0.2, -0.15) is 39.5 Å². The molecule has 6 aromatic carbocycles. The highest BCUT2D eigenvalue weighted by atomic mass is 35.5. The van der Waals surface area contributed by atoms with Crippen molar-refractivity contribution in [3.63, 3.8) is 0 Å². The van der Waals surface area contributed by atoms with Crippen molar-refractivity contribution in [1.82, 2.24) is 15.0 Å². The molecule has 1 aliphatic rings. The highest BCUT2D eigenvalue weighted by Gasteiger charge is 2.52. The molecule has 24 heteroatoms. The summed E-state index contributed by atoms with van der Waals surface area (Å²) in [5.41, 5.74) is 5.76. The van der Waals surface area contributed by atoms with Gasteiger partial charge in [-0.15, -0.1) is 0 Å². The van der Waals surface area contributed by atoms with Gasteiger partial charge in [0.15, 0.2) is 0 Å². The normalized spacial score (nSPS) is 13.3. The van der Waals surface area contributed by atoms with E-state index in [1.807, 2.05) is 40.7 Å². The number of carboxylic acid groups (broad SMARTS) is 1. The van der Waals surface area contributed by atoms with Crippen LogP contribution in [0.4, 0.5) is 39.5 Å². The molecule has 3 aromatic heterocycles. The fraction of sp³-hybridized carbons (Fsp3) is 0.217. The van der Waals surface area contributed by atoms with Gasteiger partial charge in [0.2, 0.25) is 0 Å². The molecule has 9 aromatic rings. The Labute approximate surface area is 545 Å². The van der Waals surface area contributed by atoms with Gasteiger partial charge in [-0.25, -0.2) is 14.4 Å². The van der Waals surface area contributed by atoms with Gasteiger partial charge in [0, 0.05) is 50.5 Å². The zero-order valence-electron chi connectivity index (χ0n) is 50.7. The second-order valence-electron chi connectivity index (χ2n) is 22.0. The van der Waals surface area contributed by atoms with Gasteiger partial charge in [-0.1, -0.05) is 89.4 Å². The molecule has 0 bridgehead atoms. The number of hydrogen-bond acceptors (Lipinski definition) is 10. The predicted molar refractivity (Wildman–Crippen MR) is 338 cm³/mol. The van der Waals surface area contributed by atoms with E-state index < -0.39 is 71.4 Å². The number of carbonyl (C=O) groups excluding carboxylic acids is 2. The Kier molecular flexibility index (Phi) is 23.5. The van der Waals surface area contributed by atoms with Crippen LogP contribution in [0.5, 0.6) is 0 Å². The molecule has 1 fully saturated rings. The molecule has 0 aliphatic carbocycles. The number of ether oxygens (including phenoxy) is 2. The number of nitrogens with zero attached hydrogens (tertiary/aromatic N) is 3. The number of aromatic nitrogens is 3. The zero-order chi connectivity index (χ0) is 68.2. The highest BCUT2D eigenvalue weighted by molar-refractivity contribution is 6.62. The first-order chi connectivity index (χ1) is 43.6. The van der Waals surface area contributed by atoms with Crippen molar-refractivity contribution in [1.29, 1.82) is 0 Å². The minimum absolute atomic E-state index is 0.0861. The third-order valence-corrected chi connectivity index (χ3v) is 15.5. The van der Waals surface area contributed by atoms with E-state index in [0.717, 1.165) is 63.8 Å². The number of aromatic carboxylic acids is 1. The Balaban J connectivity index is 0.000000186. The van der Waals surface area contributed by atoms with E-state index in [-0.39, 0.29) is 5.56 Å². The average Bonchev–Trinajstić information content (AvgIpc) is 1.64. The molecule has 10 rings (SSSR count). The number of carbonyl (C=O) groups is 3. The summed E-state index contributed by atoms with van der Waals surface area (Å²) in [6.45, 7) is 9.60. The molecule has 484 valence electrons. The third-order valence-electron chi connectivity index (χ3n) is 14.8. The fourth-order valence-electron chi connectivity index (χ4n) is 9.22. The van der Waals surface area contributed by atoms with Crippen LogP contribution in [0.2, 0.25) is 15.1 Å². The average molecular weight is 1350 g/mol.